The molecule has 0 aliphatic rings. The molecule has 1 aromatic heterocycles. The molecule has 1 heterocycles. The summed E-state index contributed by atoms with van der Waals surface area (Å²) >= 11 is 17.8. The minimum atomic E-state index is -0.867. The summed E-state index contributed by atoms with van der Waals surface area (Å²) in [6.07, 6.45) is 0.487. The minimum absolute atomic E-state index is 0.0481. The maximum atomic E-state index is 12.5. The van der Waals surface area contributed by atoms with Crippen LogP contribution in [-0.2, 0) is 17.9 Å². The van der Waals surface area contributed by atoms with Crippen molar-refractivity contribution < 1.29 is 9.84 Å². The summed E-state index contributed by atoms with van der Waals surface area (Å²) in [7, 11) is 0. The van der Waals surface area contributed by atoms with Gasteiger partial charge in [-0.3, -0.25) is 9.36 Å². The first-order chi connectivity index (χ1) is 12.4. The third kappa shape index (κ3) is 4.55. The Morgan fingerprint density at radius 1 is 1.12 bits per heavy atom. The van der Waals surface area contributed by atoms with Crippen LogP contribution in [0.1, 0.15) is 5.56 Å². The molecule has 0 amide bonds. The zero-order valence-corrected chi connectivity index (χ0v) is 15.8. The molecule has 0 aliphatic heterocycles. The predicted octanol–water partition coefficient (Wildman–Crippen LogP) is 3.93. The lowest BCUT2D eigenvalue weighted by Gasteiger charge is -2.13. The number of aromatic nitrogens is 2. The lowest BCUT2D eigenvalue weighted by molar-refractivity contribution is 0.0198. The van der Waals surface area contributed by atoms with E-state index in [1.165, 1.54) is 23.0 Å². The van der Waals surface area contributed by atoms with Crippen LogP contribution < -0.4 is 5.56 Å². The number of aliphatic hydroxyl groups excluding tert-OH is 1. The van der Waals surface area contributed by atoms with E-state index in [0.717, 1.165) is 5.56 Å². The first-order valence-electron chi connectivity index (χ1n) is 7.78. The van der Waals surface area contributed by atoms with Crippen LogP contribution in [0.2, 0.25) is 15.1 Å². The van der Waals surface area contributed by atoms with Crippen molar-refractivity contribution in [3.05, 3.63) is 73.7 Å². The van der Waals surface area contributed by atoms with Gasteiger partial charge in [0.15, 0.2) is 0 Å². The van der Waals surface area contributed by atoms with Crippen LogP contribution in [-0.4, -0.2) is 27.4 Å². The van der Waals surface area contributed by atoms with Gasteiger partial charge in [-0.2, -0.15) is 0 Å². The molecule has 5 nitrogen and oxygen atoms in total. The number of benzene rings is 2. The third-order valence-corrected chi connectivity index (χ3v) is 4.50. The van der Waals surface area contributed by atoms with Crippen LogP contribution in [0.5, 0.6) is 0 Å². The number of fused-ring (bicyclic) bond motifs is 1. The van der Waals surface area contributed by atoms with Gasteiger partial charge in [-0.15, -0.1) is 0 Å². The first kappa shape index (κ1) is 19.1. The molecule has 1 unspecified atom stereocenters. The standard InChI is InChI=1S/C18H15Cl3N2O3/c19-12-3-1-11(2-4-12)8-26-9-14(24)7-23-10-22-17-15(18(23)25)5-13(20)6-16(17)21/h1-6,10,14,24H,7-9H2. The highest BCUT2D eigenvalue weighted by Gasteiger charge is 2.12. The van der Waals surface area contributed by atoms with Crippen molar-refractivity contribution in [3.63, 3.8) is 0 Å². The smallest absolute Gasteiger partial charge is 0.261 e. The summed E-state index contributed by atoms with van der Waals surface area (Å²) in [5.74, 6) is 0. The summed E-state index contributed by atoms with van der Waals surface area (Å²) in [4.78, 5) is 16.7. The molecule has 1 N–H and O–H groups in total. The lowest BCUT2D eigenvalue weighted by atomic mass is 10.2. The molecule has 8 heteroatoms. The summed E-state index contributed by atoms with van der Waals surface area (Å²) in [6.45, 7) is 0.459. The fourth-order valence-electron chi connectivity index (χ4n) is 2.50. The topological polar surface area (TPSA) is 64.4 Å². The van der Waals surface area contributed by atoms with E-state index in [9.17, 15) is 9.90 Å². The molecule has 2 aromatic carbocycles. The number of nitrogens with zero attached hydrogens (tertiary/aromatic N) is 2. The van der Waals surface area contributed by atoms with Gasteiger partial charge in [-0.1, -0.05) is 46.9 Å². The van der Waals surface area contributed by atoms with Gasteiger partial charge in [-0.05, 0) is 29.8 Å². The molecule has 136 valence electrons. The van der Waals surface area contributed by atoms with Crippen molar-refractivity contribution in [1.82, 2.24) is 9.55 Å². The molecule has 3 aromatic rings. The molecular formula is C18H15Cl3N2O3. The van der Waals surface area contributed by atoms with Crippen molar-refractivity contribution in [1.29, 1.82) is 0 Å². The van der Waals surface area contributed by atoms with Crippen molar-refractivity contribution in [2.75, 3.05) is 6.61 Å². The van der Waals surface area contributed by atoms with Crippen LogP contribution in [0.3, 0.4) is 0 Å². The fraction of sp³-hybridized carbons (Fsp3) is 0.222. The predicted molar refractivity (Wildman–Crippen MR) is 103 cm³/mol. The van der Waals surface area contributed by atoms with Gasteiger partial charge >= 0.3 is 0 Å². The van der Waals surface area contributed by atoms with Crippen LogP contribution in [0.15, 0.2) is 47.5 Å². The van der Waals surface area contributed by atoms with E-state index in [4.69, 9.17) is 39.5 Å². The van der Waals surface area contributed by atoms with E-state index in [1.54, 1.807) is 12.1 Å². The van der Waals surface area contributed by atoms with Gasteiger partial charge < -0.3 is 9.84 Å². The maximum absolute atomic E-state index is 12.5. The quantitative estimate of drug-likeness (QED) is 0.665. The lowest BCUT2D eigenvalue weighted by Crippen LogP contribution is -2.29. The Morgan fingerprint density at radius 2 is 1.85 bits per heavy atom. The van der Waals surface area contributed by atoms with Gasteiger partial charge in [0.05, 0.1) is 48.1 Å². The number of hydrogen-bond donors (Lipinski definition) is 1. The number of rotatable bonds is 6. The Bertz CT molecular complexity index is 974. The van der Waals surface area contributed by atoms with Crippen LogP contribution >= 0.6 is 34.8 Å². The summed E-state index contributed by atoms with van der Waals surface area (Å²) in [5, 5.41) is 11.8. The van der Waals surface area contributed by atoms with E-state index in [0.29, 0.717) is 32.6 Å². The summed E-state index contributed by atoms with van der Waals surface area (Å²) in [5.41, 5.74) is 0.998. The average Bonchev–Trinajstić information content (AvgIpc) is 2.59. The third-order valence-electron chi connectivity index (χ3n) is 3.75. The Kier molecular flexibility index (Phi) is 6.16. The Morgan fingerprint density at radius 3 is 2.58 bits per heavy atom. The highest BCUT2D eigenvalue weighted by Crippen LogP contribution is 2.24. The van der Waals surface area contributed by atoms with Crippen LogP contribution in [0, 0.1) is 0 Å². The largest absolute Gasteiger partial charge is 0.389 e. The first-order valence-corrected chi connectivity index (χ1v) is 8.92. The second kappa shape index (κ2) is 8.37. The SMILES string of the molecule is O=c1c2cc(Cl)cc(Cl)c2ncn1CC(O)COCc1ccc(Cl)cc1. The van der Waals surface area contributed by atoms with Gasteiger partial charge in [0.25, 0.3) is 5.56 Å². The molecule has 1 atom stereocenters. The number of halogens is 3. The van der Waals surface area contributed by atoms with Crippen LogP contribution in [0.25, 0.3) is 10.9 Å². The normalized spacial score (nSPS) is 12.5. The summed E-state index contributed by atoms with van der Waals surface area (Å²) in [6, 6.07) is 10.3. The fourth-order valence-corrected chi connectivity index (χ4v) is 3.17. The molecule has 0 aliphatic carbocycles. The molecule has 26 heavy (non-hydrogen) atoms. The van der Waals surface area contributed by atoms with E-state index >= 15 is 0 Å². The zero-order valence-electron chi connectivity index (χ0n) is 13.5. The van der Waals surface area contributed by atoms with E-state index in [-0.39, 0.29) is 18.7 Å². The highest BCUT2D eigenvalue weighted by molar-refractivity contribution is 6.38. The zero-order chi connectivity index (χ0) is 18.7. The van der Waals surface area contributed by atoms with Crippen LogP contribution in [0.4, 0.5) is 0 Å². The van der Waals surface area contributed by atoms with Crippen molar-refractivity contribution >= 4 is 45.7 Å². The van der Waals surface area contributed by atoms with Gasteiger partial charge in [0.1, 0.15) is 0 Å². The molecule has 0 bridgehead atoms. The van der Waals surface area contributed by atoms with Crippen molar-refractivity contribution in [2.45, 2.75) is 19.3 Å². The number of aliphatic hydroxyl groups is 1. The molecule has 0 saturated carbocycles. The van der Waals surface area contributed by atoms with Crippen molar-refractivity contribution in [2.24, 2.45) is 0 Å². The van der Waals surface area contributed by atoms with Gasteiger partial charge in [0.2, 0.25) is 0 Å². The molecule has 0 fully saturated rings. The van der Waals surface area contributed by atoms with E-state index in [2.05, 4.69) is 4.98 Å². The molecule has 0 saturated heterocycles. The second-order valence-corrected chi connectivity index (χ2v) is 7.06. The molecule has 0 spiro atoms. The Hall–Kier alpha value is -1.63. The number of hydrogen-bond acceptors (Lipinski definition) is 4. The molecule has 0 radical (unpaired) electrons. The Labute approximate surface area is 164 Å². The number of ether oxygens (including phenoxy) is 1. The maximum Gasteiger partial charge on any atom is 0.261 e. The molecule has 3 rings (SSSR count). The Balaban J connectivity index is 1.65. The highest BCUT2D eigenvalue weighted by atomic mass is 35.5. The summed E-state index contributed by atoms with van der Waals surface area (Å²) < 4.78 is 6.80. The second-order valence-electron chi connectivity index (χ2n) is 5.78. The minimum Gasteiger partial charge on any atom is -0.389 e. The average molecular weight is 414 g/mol. The monoisotopic (exact) mass is 412 g/mol. The van der Waals surface area contributed by atoms with Crippen molar-refractivity contribution in [3.8, 4) is 0 Å². The van der Waals surface area contributed by atoms with Gasteiger partial charge in [0, 0.05) is 10.0 Å². The molecular weight excluding hydrogens is 399 g/mol. The van der Waals surface area contributed by atoms with E-state index in [1.807, 2.05) is 12.1 Å². The van der Waals surface area contributed by atoms with E-state index < -0.39 is 6.10 Å². The van der Waals surface area contributed by atoms with Gasteiger partial charge in [-0.25, -0.2) is 4.98 Å².